The topological polar surface area (TPSA) is 40.5 Å². The van der Waals surface area contributed by atoms with Crippen molar-refractivity contribution < 1.29 is 9.90 Å². The van der Waals surface area contributed by atoms with Crippen LogP contribution in [0.4, 0.5) is 0 Å². The Morgan fingerprint density at radius 1 is 1.44 bits per heavy atom. The maximum Gasteiger partial charge on any atom is 0.253 e. The first-order valence-electron chi connectivity index (χ1n) is 6.26. The van der Waals surface area contributed by atoms with Crippen molar-refractivity contribution in [3.05, 3.63) is 29.3 Å². The van der Waals surface area contributed by atoms with E-state index >= 15 is 0 Å². The molecular weight excluding hydrogens is 250 g/mol. The van der Waals surface area contributed by atoms with E-state index in [0.29, 0.717) is 17.4 Å². The van der Waals surface area contributed by atoms with Crippen molar-refractivity contribution in [2.24, 2.45) is 5.92 Å². The lowest BCUT2D eigenvalue weighted by atomic mass is 9.98. The minimum atomic E-state index is -0.00155. The first-order chi connectivity index (χ1) is 8.61. The number of phenolic OH excluding ortho intramolecular Hbond substituents is 1. The Kier molecular flexibility index (Phi) is 4.12. The fraction of sp³-hybridized carbons (Fsp3) is 0.500. The number of phenols is 1. The molecule has 3 nitrogen and oxygen atoms in total. The van der Waals surface area contributed by atoms with Gasteiger partial charge in [-0.2, -0.15) is 0 Å². The van der Waals surface area contributed by atoms with Gasteiger partial charge >= 0.3 is 0 Å². The Hall–Kier alpha value is -1.22. The zero-order valence-electron chi connectivity index (χ0n) is 10.5. The number of carbonyl (C=O) groups is 1. The van der Waals surface area contributed by atoms with E-state index in [4.69, 9.17) is 11.6 Å². The van der Waals surface area contributed by atoms with Gasteiger partial charge in [-0.15, -0.1) is 11.6 Å². The first-order valence-corrected chi connectivity index (χ1v) is 6.80. The number of nitrogens with zero attached hydrogens (tertiary/aromatic N) is 1. The molecule has 1 N–H and O–H groups in total. The third kappa shape index (κ3) is 2.78. The molecule has 0 unspecified atom stereocenters. The number of hydrogen-bond acceptors (Lipinski definition) is 2. The number of piperidine rings is 1. The summed E-state index contributed by atoms with van der Waals surface area (Å²) in [5, 5.41) is 9.64. The van der Waals surface area contributed by atoms with E-state index in [2.05, 4.69) is 0 Å². The minimum Gasteiger partial charge on any atom is -0.508 e. The fourth-order valence-corrected chi connectivity index (χ4v) is 2.52. The molecule has 0 bridgehead atoms. The second kappa shape index (κ2) is 5.61. The Bertz CT molecular complexity index is 439. The highest BCUT2D eigenvalue weighted by molar-refractivity contribution is 6.18. The van der Waals surface area contributed by atoms with Gasteiger partial charge in [0.25, 0.3) is 5.91 Å². The molecular formula is C14H18ClNO2. The van der Waals surface area contributed by atoms with E-state index in [1.54, 1.807) is 18.2 Å². The lowest BCUT2D eigenvalue weighted by Crippen LogP contribution is -2.38. The van der Waals surface area contributed by atoms with Gasteiger partial charge in [0.2, 0.25) is 0 Å². The average molecular weight is 268 g/mol. The van der Waals surface area contributed by atoms with Crippen molar-refractivity contribution in [3.63, 3.8) is 0 Å². The highest BCUT2D eigenvalue weighted by Crippen LogP contribution is 2.22. The number of rotatable bonds is 2. The van der Waals surface area contributed by atoms with Crippen LogP contribution in [0.25, 0.3) is 0 Å². The molecule has 1 heterocycles. The van der Waals surface area contributed by atoms with E-state index in [9.17, 15) is 9.90 Å². The number of alkyl halides is 1. The molecule has 1 aromatic carbocycles. The SMILES string of the molecule is Cc1ccc(C(=O)N2CCC(CCl)CC2)cc1O. The van der Waals surface area contributed by atoms with Crippen molar-refractivity contribution in [2.75, 3.05) is 19.0 Å². The minimum absolute atomic E-state index is 0.00155. The van der Waals surface area contributed by atoms with Crippen LogP contribution in [0.15, 0.2) is 18.2 Å². The third-order valence-corrected chi connectivity index (χ3v) is 4.01. The second-order valence-electron chi connectivity index (χ2n) is 4.89. The maximum atomic E-state index is 12.2. The summed E-state index contributed by atoms with van der Waals surface area (Å²) in [7, 11) is 0. The summed E-state index contributed by atoms with van der Waals surface area (Å²) >= 11 is 5.83. The predicted molar refractivity (Wildman–Crippen MR) is 72.2 cm³/mol. The highest BCUT2D eigenvalue weighted by atomic mass is 35.5. The smallest absolute Gasteiger partial charge is 0.253 e. The summed E-state index contributed by atoms with van der Waals surface area (Å²) in [6.07, 6.45) is 1.93. The van der Waals surface area contributed by atoms with E-state index in [1.165, 1.54) is 0 Å². The maximum absolute atomic E-state index is 12.2. The van der Waals surface area contributed by atoms with Gasteiger partial charge in [0.15, 0.2) is 0 Å². The lowest BCUT2D eigenvalue weighted by Gasteiger charge is -2.31. The standard InChI is InChI=1S/C14H18ClNO2/c1-10-2-3-12(8-13(10)17)14(18)16-6-4-11(9-15)5-7-16/h2-3,8,11,17H,4-7,9H2,1H3. The number of aryl methyl sites for hydroxylation is 1. The van der Waals surface area contributed by atoms with Crippen LogP contribution in [0.5, 0.6) is 5.75 Å². The molecule has 0 radical (unpaired) electrons. The normalized spacial score (nSPS) is 16.9. The Morgan fingerprint density at radius 3 is 2.67 bits per heavy atom. The molecule has 98 valence electrons. The molecule has 0 aromatic heterocycles. The number of carbonyl (C=O) groups excluding carboxylic acids is 1. The van der Waals surface area contributed by atoms with Gasteiger partial charge in [0.1, 0.15) is 5.75 Å². The molecule has 1 amide bonds. The molecule has 1 aromatic rings. The monoisotopic (exact) mass is 267 g/mol. The van der Waals surface area contributed by atoms with Gasteiger partial charge in [-0.05, 0) is 43.4 Å². The van der Waals surface area contributed by atoms with Crippen LogP contribution >= 0.6 is 11.6 Å². The third-order valence-electron chi connectivity index (χ3n) is 3.58. The fourth-order valence-electron chi connectivity index (χ4n) is 2.22. The van der Waals surface area contributed by atoms with Crippen LogP contribution in [0.3, 0.4) is 0 Å². The average Bonchev–Trinajstić information content (AvgIpc) is 2.41. The molecule has 0 saturated carbocycles. The quantitative estimate of drug-likeness (QED) is 0.837. The highest BCUT2D eigenvalue weighted by Gasteiger charge is 2.23. The van der Waals surface area contributed by atoms with Crippen LogP contribution in [-0.4, -0.2) is 34.9 Å². The van der Waals surface area contributed by atoms with Crippen molar-refractivity contribution in [1.82, 2.24) is 4.90 Å². The van der Waals surface area contributed by atoms with Gasteiger partial charge in [0.05, 0.1) is 0 Å². The molecule has 1 aliphatic rings. The molecule has 0 atom stereocenters. The van der Waals surface area contributed by atoms with Crippen LogP contribution in [0, 0.1) is 12.8 Å². The summed E-state index contributed by atoms with van der Waals surface area (Å²) in [6.45, 7) is 3.32. The summed E-state index contributed by atoms with van der Waals surface area (Å²) in [5.41, 5.74) is 1.34. The van der Waals surface area contributed by atoms with Gasteiger partial charge in [-0.1, -0.05) is 6.07 Å². The number of benzene rings is 1. The molecule has 2 rings (SSSR count). The largest absolute Gasteiger partial charge is 0.508 e. The van der Waals surface area contributed by atoms with Gasteiger partial charge in [-0.3, -0.25) is 4.79 Å². The number of halogens is 1. The molecule has 4 heteroatoms. The van der Waals surface area contributed by atoms with Crippen LogP contribution in [0.1, 0.15) is 28.8 Å². The van der Waals surface area contributed by atoms with Crippen LogP contribution < -0.4 is 0 Å². The van der Waals surface area contributed by atoms with Gasteiger partial charge in [-0.25, -0.2) is 0 Å². The Labute approximate surface area is 112 Å². The molecule has 1 aliphatic heterocycles. The lowest BCUT2D eigenvalue weighted by molar-refractivity contribution is 0.0698. The summed E-state index contributed by atoms with van der Waals surface area (Å²) < 4.78 is 0. The first kappa shape index (κ1) is 13.2. The number of hydrogen-bond donors (Lipinski definition) is 1. The summed E-state index contributed by atoms with van der Waals surface area (Å²) in [5.74, 6) is 1.38. The van der Waals surface area contributed by atoms with Crippen LogP contribution in [0.2, 0.25) is 0 Å². The van der Waals surface area contributed by atoms with Crippen LogP contribution in [-0.2, 0) is 0 Å². The van der Waals surface area contributed by atoms with Crippen molar-refractivity contribution >= 4 is 17.5 Å². The zero-order chi connectivity index (χ0) is 13.1. The van der Waals surface area contributed by atoms with Gasteiger partial charge in [0, 0.05) is 24.5 Å². The van der Waals surface area contributed by atoms with Gasteiger partial charge < -0.3 is 10.0 Å². The Balaban J connectivity index is 2.05. The molecule has 1 saturated heterocycles. The number of aromatic hydroxyl groups is 1. The van der Waals surface area contributed by atoms with E-state index in [0.717, 1.165) is 31.5 Å². The van der Waals surface area contributed by atoms with Crippen molar-refractivity contribution in [3.8, 4) is 5.75 Å². The summed E-state index contributed by atoms with van der Waals surface area (Å²) in [6, 6.07) is 5.09. The summed E-state index contributed by atoms with van der Waals surface area (Å²) in [4.78, 5) is 14.1. The predicted octanol–water partition coefficient (Wildman–Crippen LogP) is 2.79. The molecule has 0 spiro atoms. The number of likely N-dealkylation sites (tertiary alicyclic amines) is 1. The van der Waals surface area contributed by atoms with E-state index in [-0.39, 0.29) is 11.7 Å². The van der Waals surface area contributed by atoms with Crippen molar-refractivity contribution in [1.29, 1.82) is 0 Å². The Morgan fingerprint density at radius 2 is 2.11 bits per heavy atom. The van der Waals surface area contributed by atoms with Crippen molar-refractivity contribution in [2.45, 2.75) is 19.8 Å². The van der Waals surface area contributed by atoms with E-state index in [1.807, 2.05) is 11.8 Å². The molecule has 1 fully saturated rings. The molecule has 0 aliphatic carbocycles. The second-order valence-corrected chi connectivity index (χ2v) is 5.20. The van der Waals surface area contributed by atoms with E-state index < -0.39 is 0 Å². The number of amides is 1. The molecule has 18 heavy (non-hydrogen) atoms. The zero-order valence-corrected chi connectivity index (χ0v) is 11.3.